The molecule has 572 valence electrons. The fraction of sp³-hybridized carbons (Fsp3) is 0. The van der Waals surface area contributed by atoms with Crippen molar-refractivity contribution >= 4 is 63.0 Å². The first kappa shape index (κ1) is 73.7. The summed E-state index contributed by atoms with van der Waals surface area (Å²) in [5.74, 6) is 5.17. The van der Waals surface area contributed by atoms with E-state index in [0.717, 1.165) is 134 Å². The second-order valence-corrected chi connectivity index (χ2v) is 31.9. The Hall–Kier alpha value is -15.9. The quantitative estimate of drug-likeness (QED) is 0.0922. The monoisotopic (exact) mass is 1590 g/mol. The predicted octanol–water partition coefficient (Wildman–Crippen LogP) is 28.7. The maximum atomic E-state index is 5.16. The van der Waals surface area contributed by atoms with Crippen LogP contribution < -0.4 is 0 Å². The summed E-state index contributed by atoms with van der Waals surface area (Å²) < 4.78 is 4.97. The fourth-order valence-corrected chi connectivity index (χ4v) is 18.2. The first-order chi connectivity index (χ1) is 60.4. The zero-order valence-corrected chi connectivity index (χ0v) is 67.3. The van der Waals surface area contributed by atoms with Gasteiger partial charge in [0.05, 0.1) is 22.8 Å². The highest BCUT2D eigenvalue weighted by Gasteiger charge is 2.22. The number of thiophene rings is 2. The van der Waals surface area contributed by atoms with E-state index in [9.17, 15) is 0 Å². The molecular weight excluding hydrogens is 1530 g/mol. The van der Waals surface area contributed by atoms with Gasteiger partial charge in [-0.1, -0.05) is 352 Å². The smallest absolute Gasteiger partial charge is 0.164 e. The van der Waals surface area contributed by atoms with Crippen molar-refractivity contribution in [1.29, 1.82) is 0 Å². The summed E-state index contributed by atoms with van der Waals surface area (Å²) in [5.41, 5.74) is 24.1. The molecule has 0 amide bonds. The van der Waals surface area contributed by atoms with Crippen LogP contribution in [0.3, 0.4) is 0 Å². The molecule has 0 bridgehead atoms. The van der Waals surface area contributed by atoms with Crippen molar-refractivity contribution in [1.82, 2.24) is 49.8 Å². The summed E-state index contributed by atoms with van der Waals surface area (Å²) >= 11 is 3.66. The third-order valence-corrected chi connectivity index (χ3v) is 24.3. The van der Waals surface area contributed by atoms with E-state index in [1.54, 1.807) is 0 Å². The van der Waals surface area contributed by atoms with Crippen molar-refractivity contribution in [3.8, 4) is 181 Å². The summed E-state index contributed by atoms with van der Waals surface area (Å²) in [5, 5.41) is 4.92. The second kappa shape index (κ2) is 32.9. The van der Waals surface area contributed by atoms with E-state index in [0.29, 0.717) is 46.6 Å². The van der Waals surface area contributed by atoms with E-state index in [-0.39, 0.29) is 0 Å². The van der Waals surface area contributed by atoms with Crippen LogP contribution >= 0.6 is 22.7 Å². The van der Waals surface area contributed by atoms with Crippen molar-refractivity contribution in [2.45, 2.75) is 0 Å². The van der Waals surface area contributed by atoms with E-state index < -0.39 is 0 Å². The number of benzene rings is 16. The standard InChI is InChI=1S/2C55H35N5S/c1-5-17-36(18-6-1)48-35-49(57-52(56-48)37-19-7-2-8-20-37)42-27-15-25-40(31-42)44-33-46(51-47(34-44)45-29-13-14-30-50(45)61-51)41-26-16-28-43(32-41)55-59-53(38-21-9-3-10-22-38)58-54(60-55)39-23-11-4-12-24-39;1-5-17-36(18-6-1)48-35-49(37-19-7-2-8-20-37)57-54(56-48)43-28-16-26-41(32-43)46-33-44(34-47-45-29-13-14-30-50(45)61-51(46)47)40-25-15-27-42(31-40)55-59-52(38-21-9-3-10-22-38)58-53(60-55)39-23-11-4-12-24-39/h2*1-35H. The maximum Gasteiger partial charge on any atom is 0.164 e. The molecule has 22 aromatic rings. The molecule has 0 radical (unpaired) electrons. The zero-order valence-electron chi connectivity index (χ0n) is 65.7. The highest BCUT2D eigenvalue weighted by Crippen LogP contribution is 2.47. The molecular formula is C110H70N10S2. The second-order valence-electron chi connectivity index (χ2n) is 29.8. The van der Waals surface area contributed by atoms with Crippen LogP contribution in [0, 0.1) is 0 Å². The van der Waals surface area contributed by atoms with E-state index in [1.807, 2.05) is 217 Å². The first-order valence-electron chi connectivity index (χ1n) is 40.5. The molecule has 10 nitrogen and oxygen atoms in total. The molecule has 0 N–H and O–H groups in total. The molecule has 6 aromatic heterocycles. The average molecular weight is 1600 g/mol. The van der Waals surface area contributed by atoms with Gasteiger partial charge in [0.25, 0.3) is 0 Å². The van der Waals surface area contributed by atoms with Gasteiger partial charge in [-0.15, -0.1) is 22.7 Å². The van der Waals surface area contributed by atoms with Gasteiger partial charge in [0.1, 0.15) is 0 Å². The lowest BCUT2D eigenvalue weighted by Crippen LogP contribution is -2.00. The Morgan fingerprint density at radius 2 is 0.352 bits per heavy atom. The highest BCUT2D eigenvalue weighted by molar-refractivity contribution is 7.26. The molecule has 0 atom stereocenters. The maximum absolute atomic E-state index is 5.16. The number of hydrogen-bond acceptors (Lipinski definition) is 12. The van der Waals surface area contributed by atoms with Crippen molar-refractivity contribution < 1.29 is 0 Å². The van der Waals surface area contributed by atoms with Crippen LogP contribution in [0.15, 0.2) is 425 Å². The minimum Gasteiger partial charge on any atom is -0.228 e. The lowest BCUT2D eigenvalue weighted by atomic mass is 9.94. The fourth-order valence-electron chi connectivity index (χ4n) is 15.8. The summed E-state index contributed by atoms with van der Waals surface area (Å²) in [6.45, 7) is 0. The summed E-state index contributed by atoms with van der Waals surface area (Å²) in [6, 6.07) is 147. The third kappa shape index (κ3) is 15.2. The van der Waals surface area contributed by atoms with E-state index in [1.165, 1.54) is 40.3 Å². The van der Waals surface area contributed by atoms with Gasteiger partial charge in [-0.25, -0.2) is 49.8 Å². The molecule has 0 aliphatic rings. The Labute approximate surface area is 713 Å². The molecule has 0 fully saturated rings. The zero-order chi connectivity index (χ0) is 81.1. The molecule has 0 aliphatic heterocycles. The Kier molecular flexibility index (Phi) is 19.9. The molecule has 0 saturated carbocycles. The minimum absolute atomic E-state index is 0.622. The molecule has 122 heavy (non-hydrogen) atoms. The lowest BCUT2D eigenvalue weighted by molar-refractivity contribution is 1.07. The van der Waals surface area contributed by atoms with Gasteiger partial charge in [-0.3, -0.25) is 0 Å². The lowest BCUT2D eigenvalue weighted by Gasteiger charge is -2.13. The molecule has 0 unspecified atom stereocenters. The van der Waals surface area contributed by atoms with Gasteiger partial charge >= 0.3 is 0 Å². The van der Waals surface area contributed by atoms with Crippen molar-refractivity contribution in [3.05, 3.63) is 425 Å². The van der Waals surface area contributed by atoms with Crippen molar-refractivity contribution in [2.75, 3.05) is 0 Å². The molecule has 12 heteroatoms. The Morgan fingerprint density at radius 3 is 0.680 bits per heavy atom. The van der Waals surface area contributed by atoms with E-state index >= 15 is 0 Å². The molecule has 0 saturated heterocycles. The van der Waals surface area contributed by atoms with Crippen LogP contribution in [0.5, 0.6) is 0 Å². The van der Waals surface area contributed by atoms with Crippen LogP contribution in [-0.2, 0) is 0 Å². The van der Waals surface area contributed by atoms with Gasteiger partial charge in [-0.2, -0.15) is 0 Å². The summed E-state index contributed by atoms with van der Waals surface area (Å²) in [4.78, 5) is 50.5. The van der Waals surface area contributed by atoms with Crippen LogP contribution in [0.25, 0.3) is 221 Å². The highest BCUT2D eigenvalue weighted by atomic mass is 32.1. The average Bonchev–Trinajstić information content (AvgIpc) is 1.58. The topological polar surface area (TPSA) is 129 Å². The summed E-state index contributed by atoms with van der Waals surface area (Å²) in [6.07, 6.45) is 0. The van der Waals surface area contributed by atoms with Gasteiger partial charge in [-0.05, 0) is 106 Å². The van der Waals surface area contributed by atoms with Gasteiger partial charge in [0, 0.05) is 118 Å². The van der Waals surface area contributed by atoms with Crippen molar-refractivity contribution in [2.24, 2.45) is 0 Å². The minimum atomic E-state index is 0.622. The van der Waals surface area contributed by atoms with E-state index in [4.69, 9.17) is 49.8 Å². The number of aromatic nitrogens is 10. The number of hydrogen-bond donors (Lipinski definition) is 0. The molecule has 0 aliphatic carbocycles. The Bertz CT molecular complexity index is 6920. The molecule has 6 heterocycles. The third-order valence-electron chi connectivity index (χ3n) is 21.9. The molecule has 0 spiro atoms. The largest absolute Gasteiger partial charge is 0.228 e. The SMILES string of the molecule is c1ccc(-c2cc(-c3cccc(-c4cc(-c5cccc(-c6nc(-c7ccccc7)nc(-c7ccccc7)n6)c5)c5sc6ccccc6c5c4)c3)nc(-c3ccccc3)n2)cc1.c1ccc(-c2cc(-c3ccccc3)nc(-c3cccc(-c4cc(-c5cccc(-c6nc(-c7ccccc7)nc(-c7ccccc7)n6)c5)cc5c4sc4ccccc45)c3)n2)cc1. The van der Waals surface area contributed by atoms with Gasteiger partial charge in [0.2, 0.25) is 0 Å². The molecule has 16 aromatic carbocycles. The number of fused-ring (bicyclic) bond motifs is 6. The van der Waals surface area contributed by atoms with Crippen LogP contribution in [-0.4, -0.2) is 49.8 Å². The summed E-state index contributed by atoms with van der Waals surface area (Å²) in [7, 11) is 0. The normalized spacial score (nSPS) is 11.3. The number of nitrogens with zero attached hydrogens (tertiary/aromatic N) is 10. The predicted molar refractivity (Wildman–Crippen MR) is 504 cm³/mol. The van der Waals surface area contributed by atoms with Crippen LogP contribution in [0.4, 0.5) is 0 Å². The number of rotatable bonds is 16. The molecule has 22 rings (SSSR count). The van der Waals surface area contributed by atoms with Gasteiger partial charge < -0.3 is 0 Å². The van der Waals surface area contributed by atoms with Crippen LogP contribution in [0.2, 0.25) is 0 Å². The van der Waals surface area contributed by atoms with E-state index in [2.05, 4.69) is 231 Å². The van der Waals surface area contributed by atoms with Crippen LogP contribution in [0.1, 0.15) is 0 Å². The first-order valence-corrected chi connectivity index (χ1v) is 42.1. The Morgan fingerprint density at radius 1 is 0.131 bits per heavy atom. The van der Waals surface area contributed by atoms with Gasteiger partial charge in [0.15, 0.2) is 46.6 Å². The van der Waals surface area contributed by atoms with Crippen molar-refractivity contribution in [3.63, 3.8) is 0 Å². The Balaban J connectivity index is 0.000000150.